The van der Waals surface area contributed by atoms with Crippen molar-refractivity contribution in [3.63, 3.8) is 0 Å². The summed E-state index contributed by atoms with van der Waals surface area (Å²) in [5, 5.41) is 41.0. The monoisotopic (exact) mass is 739 g/mol. The minimum Gasteiger partial charge on any atom is -0.426 e. The molecule has 0 aliphatic heterocycles. The highest BCUT2D eigenvalue weighted by Crippen LogP contribution is 2.21. The summed E-state index contributed by atoms with van der Waals surface area (Å²) in [4.78, 5) is 77.0. The van der Waals surface area contributed by atoms with E-state index in [9.17, 15) is 43.9 Å². The Hall–Kier alpha value is -4.84. The van der Waals surface area contributed by atoms with Gasteiger partial charge in [0.2, 0.25) is 29.5 Å². The van der Waals surface area contributed by atoms with Gasteiger partial charge in [0.15, 0.2) is 0 Å². The zero-order valence-electron chi connectivity index (χ0n) is 30.8. The number of benzene rings is 2. The van der Waals surface area contributed by atoms with Gasteiger partial charge < -0.3 is 53.2 Å². The summed E-state index contributed by atoms with van der Waals surface area (Å²) in [5.74, 6) is -6.18. The van der Waals surface area contributed by atoms with Gasteiger partial charge in [-0.05, 0) is 88.2 Å². The second-order valence-corrected chi connectivity index (χ2v) is 13.1. The molecule has 53 heavy (non-hydrogen) atoms. The van der Waals surface area contributed by atoms with Crippen molar-refractivity contribution in [3.05, 3.63) is 59.7 Å². The molecule has 12 N–H and O–H groups in total. The molecule has 0 aromatic heterocycles. The van der Waals surface area contributed by atoms with Crippen molar-refractivity contribution in [3.8, 4) is 11.1 Å². The molecule has 0 saturated carbocycles. The van der Waals surface area contributed by atoms with Crippen molar-refractivity contribution in [1.82, 2.24) is 26.6 Å². The molecule has 0 aliphatic carbocycles. The zero-order valence-corrected chi connectivity index (χ0v) is 30.8. The fraction of sp³-hybridized carbons (Fsp3) is 0.500. The van der Waals surface area contributed by atoms with Crippen LogP contribution in [0, 0.1) is 0 Å². The molecule has 0 radical (unpaired) electrons. The Morgan fingerprint density at radius 2 is 1.30 bits per heavy atom. The number of aliphatic hydroxyl groups excluding tert-OH is 1. The number of carbonyl (C=O) groups is 6. The second kappa shape index (κ2) is 22.3. The molecule has 6 amide bonds. The minimum absolute atomic E-state index is 0.180. The zero-order chi connectivity index (χ0) is 39.7. The number of nitrogens with one attached hydrogen (secondary N) is 5. The molecule has 0 bridgehead atoms. The molecular weight excluding hydrogens is 685 g/mol. The van der Waals surface area contributed by atoms with Crippen molar-refractivity contribution in [1.29, 1.82) is 0 Å². The summed E-state index contributed by atoms with van der Waals surface area (Å²) >= 11 is 0. The summed E-state index contributed by atoms with van der Waals surface area (Å²) in [5.41, 5.74) is 14.3. The molecular formula is C36H54BN7O9. The van der Waals surface area contributed by atoms with Crippen molar-refractivity contribution >= 4 is 42.6 Å². The quantitative estimate of drug-likeness (QED) is 0.0529. The third kappa shape index (κ3) is 15.0. The van der Waals surface area contributed by atoms with Gasteiger partial charge in [-0.1, -0.05) is 49.7 Å². The van der Waals surface area contributed by atoms with Gasteiger partial charge in [-0.2, -0.15) is 0 Å². The van der Waals surface area contributed by atoms with Crippen LogP contribution in [0.25, 0.3) is 11.1 Å². The van der Waals surface area contributed by atoms with Crippen LogP contribution in [0.5, 0.6) is 0 Å². The number of hydrogen-bond acceptors (Lipinski definition) is 10. The molecule has 0 aliphatic rings. The molecule has 0 saturated heterocycles. The van der Waals surface area contributed by atoms with E-state index in [0.717, 1.165) is 30.4 Å². The van der Waals surface area contributed by atoms with Gasteiger partial charge in [0, 0.05) is 5.56 Å². The van der Waals surface area contributed by atoms with Gasteiger partial charge in [-0.15, -0.1) is 0 Å². The predicted octanol–water partition coefficient (Wildman–Crippen LogP) is -0.829. The van der Waals surface area contributed by atoms with Gasteiger partial charge in [0.05, 0.1) is 18.5 Å². The number of aryl methyl sites for hydroxylation is 1. The summed E-state index contributed by atoms with van der Waals surface area (Å²) in [6.07, 6.45) is 2.38. The molecule has 17 heteroatoms. The van der Waals surface area contributed by atoms with Gasteiger partial charge >= 0.3 is 7.12 Å². The summed E-state index contributed by atoms with van der Waals surface area (Å²) in [6.45, 7) is 6.29. The number of carbonyl (C=O) groups excluding carboxylic acids is 6. The number of nitrogens with two attached hydrogens (primary N) is 2. The lowest BCUT2D eigenvalue weighted by Crippen LogP contribution is -2.60. The van der Waals surface area contributed by atoms with Crippen molar-refractivity contribution in [2.45, 2.75) is 109 Å². The van der Waals surface area contributed by atoms with Crippen LogP contribution in [0.2, 0.25) is 0 Å². The molecule has 6 unspecified atom stereocenters. The predicted molar refractivity (Wildman–Crippen MR) is 199 cm³/mol. The Bertz CT molecular complexity index is 1520. The molecule has 2 rings (SSSR count). The maximum absolute atomic E-state index is 13.5. The Morgan fingerprint density at radius 3 is 1.83 bits per heavy atom. The highest BCUT2D eigenvalue weighted by molar-refractivity contribution is 6.43. The fourth-order valence-corrected chi connectivity index (χ4v) is 5.20. The Kier molecular flexibility index (Phi) is 18.6. The molecule has 0 heterocycles. The number of amides is 6. The lowest BCUT2D eigenvalue weighted by molar-refractivity contribution is -0.135. The first kappa shape index (κ1) is 44.3. The Morgan fingerprint density at radius 1 is 0.717 bits per heavy atom. The molecule has 2 aromatic carbocycles. The number of primary amides is 1. The van der Waals surface area contributed by atoms with E-state index < -0.39 is 85.2 Å². The Labute approximate surface area is 310 Å². The average Bonchev–Trinajstić information content (AvgIpc) is 3.11. The maximum atomic E-state index is 13.5. The smallest absolute Gasteiger partial charge is 0.426 e. The largest absolute Gasteiger partial charge is 0.475 e. The normalized spacial score (nSPS) is 14.3. The number of rotatable bonds is 22. The molecule has 0 spiro atoms. The van der Waals surface area contributed by atoms with Crippen LogP contribution in [0.15, 0.2) is 48.5 Å². The summed E-state index contributed by atoms with van der Waals surface area (Å²) in [7, 11) is -1.92. The van der Waals surface area contributed by atoms with Crippen LogP contribution in [0.3, 0.4) is 0 Å². The lowest BCUT2D eigenvalue weighted by atomic mass is 9.81. The van der Waals surface area contributed by atoms with Crippen LogP contribution in [-0.2, 0) is 30.4 Å². The van der Waals surface area contributed by atoms with Crippen molar-refractivity contribution < 1.29 is 43.9 Å². The number of aliphatic hydroxyl groups is 1. The van der Waals surface area contributed by atoms with E-state index in [-0.39, 0.29) is 6.42 Å². The number of hydrogen-bond donors (Lipinski definition) is 10. The van der Waals surface area contributed by atoms with Crippen LogP contribution in [0.4, 0.5) is 0 Å². The first-order chi connectivity index (χ1) is 25.1. The van der Waals surface area contributed by atoms with Gasteiger partial charge in [-0.25, -0.2) is 0 Å². The van der Waals surface area contributed by atoms with Crippen LogP contribution >= 0.6 is 0 Å². The van der Waals surface area contributed by atoms with Gasteiger partial charge in [0.25, 0.3) is 5.91 Å². The van der Waals surface area contributed by atoms with E-state index in [2.05, 4.69) is 45.6 Å². The summed E-state index contributed by atoms with van der Waals surface area (Å²) < 4.78 is 0. The lowest BCUT2D eigenvalue weighted by Gasteiger charge is -2.26. The maximum Gasteiger partial charge on any atom is 0.475 e. The molecule has 6 atom stereocenters. The van der Waals surface area contributed by atoms with E-state index in [0.29, 0.717) is 24.9 Å². The average molecular weight is 740 g/mol. The van der Waals surface area contributed by atoms with E-state index in [1.54, 1.807) is 12.1 Å². The SMILES string of the molecule is CCCCc1ccc(-c2ccc(C(=O)NC(CCCCN)C(=O)NC(C(=O)NC(C)C(=O)NC(CC(N)=O)C(=O)NC(C)B(O)O)C(C)O)cc2)cc1. The fourth-order valence-electron chi connectivity index (χ4n) is 5.20. The van der Waals surface area contributed by atoms with Crippen molar-refractivity contribution in [2.24, 2.45) is 11.5 Å². The Balaban J connectivity index is 2.12. The minimum atomic E-state index is -1.92. The highest BCUT2D eigenvalue weighted by Gasteiger charge is 2.33. The van der Waals surface area contributed by atoms with Crippen LogP contribution in [0.1, 0.15) is 82.1 Å². The highest BCUT2D eigenvalue weighted by atomic mass is 16.4. The van der Waals surface area contributed by atoms with Gasteiger partial charge in [-0.3, -0.25) is 28.8 Å². The van der Waals surface area contributed by atoms with E-state index in [1.165, 1.54) is 26.3 Å². The van der Waals surface area contributed by atoms with Crippen molar-refractivity contribution in [2.75, 3.05) is 6.54 Å². The third-order valence-electron chi connectivity index (χ3n) is 8.49. The topological polar surface area (TPSA) is 275 Å². The van der Waals surface area contributed by atoms with Crippen LogP contribution < -0.4 is 38.1 Å². The molecule has 290 valence electrons. The van der Waals surface area contributed by atoms with Crippen LogP contribution in [-0.4, -0.2) is 100 Å². The van der Waals surface area contributed by atoms with Gasteiger partial charge in [0.1, 0.15) is 24.2 Å². The molecule has 16 nitrogen and oxygen atoms in total. The summed E-state index contributed by atoms with van der Waals surface area (Å²) in [6, 6.07) is 9.65. The van der Waals surface area contributed by atoms with E-state index in [1.807, 2.05) is 24.3 Å². The van der Waals surface area contributed by atoms with E-state index >= 15 is 0 Å². The molecule has 0 fully saturated rings. The number of unbranched alkanes of at least 4 members (excludes halogenated alkanes) is 2. The second-order valence-electron chi connectivity index (χ2n) is 13.1. The first-order valence-electron chi connectivity index (χ1n) is 17.8. The molecule has 2 aromatic rings. The first-order valence-corrected chi connectivity index (χ1v) is 17.8. The third-order valence-corrected chi connectivity index (χ3v) is 8.49. The van der Waals surface area contributed by atoms with E-state index in [4.69, 9.17) is 11.5 Å². The standard InChI is InChI=1S/C36H54BN7O9/c1-5-6-9-24-11-13-25(14-12-24)26-15-17-27(18-16-26)33(48)42-28(10-7-8-19-38)34(49)44-31(22(3)45)36(51)40-21(2)32(47)43-29(20-30(39)46)35(50)41-23(4)37(52)53/h11-18,21-23,28-29,31,45,52-53H,5-10,19-20,38H2,1-4H3,(H2,39,46)(H,40,51)(H,41,50)(H,42,48)(H,43,47)(H,44,49).